The van der Waals surface area contributed by atoms with E-state index < -0.39 is 39.8 Å². The number of sulfonamides is 1. The number of hydrogen-bond acceptors (Lipinski definition) is 4. The lowest BCUT2D eigenvalue weighted by Crippen LogP contribution is -2.50. The maximum atomic E-state index is 13.6. The molecule has 0 saturated carbocycles. The molecule has 4 rings (SSSR count). The topological polar surface area (TPSA) is 58.6 Å². The van der Waals surface area contributed by atoms with Crippen LogP contribution in [0.1, 0.15) is 29.9 Å². The summed E-state index contributed by atoms with van der Waals surface area (Å²) in [6, 6.07) is 15.4. The molecule has 1 heterocycles. The van der Waals surface area contributed by atoms with Crippen LogP contribution in [-0.4, -0.2) is 45.4 Å². The summed E-state index contributed by atoms with van der Waals surface area (Å²) in [5.74, 6) is -1.60. The molecule has 0 radical (unpaired) electrons. The van der Waals surface area contributed by atoms with Crippen LogP contribution >= 0.6 is 0 Å². The molecular formula is C26H25F5N2O3S. The molecule has 1 aliphatic heterocycles. The first kappa shape index (κ1) is 27.0. The van der Waals surface area contributed by atoms with Crippen LogP contribution in [-0.2, 0) is 10.0 Å². The van der Waals surface area contributed by atoms with Crippen LogP contribution in [0.15, 0.2) is 77.7 Å². The minimum absolute atomic E-state index is 0.189. The maximum absolute atomic E-state index is 13.6. The number of likely N-dealkylation sites (tertiary alicyclic amines) is 1. The highest BCUT2D eigenvalue weighted by Gasteiger charge is 2.36. The van der Waals surface area contributed by atoms with Crippen molar-refractivity contribution in [3.8, 4) is 5.75 Å². The van der Waals surface area contributed by atoms with Crippen molar-refractivity contribution in [1.29, 1.82) is 0 Å². The smallest absolute Gasteiger partial charge is 0.406 e. The van der Waals surface area contributed by atoms with Gasteiger partial charge in [0.2, 0.25) is 10.0 Å². The lowest BCUT2D eigenvalue weighted by molar-refractivity contribution is -0.274. The Bertz CT molecular complexity index is 1250. The van der Waals surface area contributed by atoms with Crippen molar-refractivity contribution in [1.82, 2.24) is 9.62 Å². The second-order valence-corrected chi connectivity index (χ2v) is 10.7. The van der Waals surface area contributed by atoms with Gasteiger partial charge in [-0.1, -0.05) is 24.3 Å². The molecule has 0 bridgehead atoms. The van der Waals surface area contributed by atoms with Gasteiger partial charge in [-0.25, -0.2) is 21.9 Å². The lowest BCUT2D eigenvalue weighted by Gasteiger charge is -2.42. The van der Waals surface area contributed by atoms with Gasteiger partial charge < -0.3 is 9.64 Å². The van der Waals surface area contributed by atoms with Crippen molar-refractivity contribution in [2.75, 3.05) is 13.6 Å². The molecule has 2 unspecified atom stereocenters. The number of ether oxygens (including phenoxy) is 1. The van der Waals surface area contributed by atoms with Crippen molar-refractivity contribution in [2.45, 2.75) is 42.1 Å². The molecule has 3 aromatic rings. The minimum atomic E-state index is -4.88. The summed E-state index contributed by atoms with van der Waals surface area (Å²) < 4.78 is 97.0. The summed E-state index contributed by atoms with van der Waals surface area (Å²) in [6.07, 6.45) is -3.99. The largest absolute Gasteiger partial charge is 0.573 e. The molecule has 1 fully saturated rings. The molecule has 2 atom stereocenters. The number of likely N-dealkylation sites (N-methyl/N-ethyl adjacent to an activating group) is 1. The van der Waals surface area contributed by atoms with E-state index in [1.807, 2.05) is 7.05 Å². The van der Waals surface area contributed by atoms with Crippen LogP contribution in [0.2, 0.25) is 0 Å². The summed E-state index contributed by atoms with van der Waals surface area (Å²) in [6.45, 7) is 0.551. The molecule has 1 N–H and O–H groups in total. The molecule has 0 aromatic heterocycles. The second-order valence-electron chi connectivity index (χ2n) is 8.99. The highest BCUT2D eigenvalue weighted by Crippen LogP contribution is 2.36. The molecular weight excluding hydrogens is 515 g/mol. The molecule has 0 spiro atoms. The van der Waals surface area contributed by atoms with Crippen LogP contribution in [0.25, 0.3) is 0 Å². The van der Waals surface area contributed by atoms with Crippen LogP contribution in [0, 0.1) is 11.6 Å². The third kappa shape index (κ3) is 6.85. The van der Waals surface area contributed by atoms with Gasteiger partial charge in [-0.2, -0.15) is 0 Å². The van der Waals surface area contributed by atoms with Crippen LogP contribution in [0.5, 0.6) is 5.75 Å². The fourth-order valence-corrected chi connectivity index (χ4v) is 5.98. The van der Waals surface area contributed by atoms with Gasteiger partial charge in [0.15, 0.2) is 0 Å². The number of piperidine rings is 1. The van der Waals surface area contributed by atoms with E-state index in [-0.39, 0.29) is 16.9 Å². The molecule has 198 valence electrons. The van der Waals surface area contributed by atoms with Gasteiger partial charge in [0, 0.05) is 18.0 Å². The predicted octanol–water partition coefficient (Wildman–Crippen LogP) is 5.44. The van der Waals surface area contributed by atoms with Gasteiger partial charge in [-0.3, -0.25) is 0 Å². The van der Waals surface area contributed by atoms with Crippen LogP contribution in [0.4, 0.5) is 22.0 Å². The standard InChI is InChI=1S/C26H25F5N2O3S/c1-33-15-14-21(32-37(34,35)23-12-10-22(11-13-23)36-26(29,30)31)16-24(33)25(17-2-6-19(27)7-3-17)18-4-8-20(28)9-5-18/h2-13,21,24-25,32H,14-16H2,1H3. The normalized spacial score (nSPS) is 19.2. The number of alkyl halides is 3. The van der Waals surface area contributed by atoms with E-state index in [0.29, 0.717) is 19.4 Å². The van der Waals surface area contributed by atoms with E-state index in [1.165, 1.54) is 24.3 Å². The van der Waals surface area contributed by atoms with Gasteiger partial charge in [0.1, 0.15) is 17.4 Å². The quantitative estimate of drug-likeness (QED) is 0.406. The molecule has 5 nitrogen and oxygen atoms in total. The number of nitrogens with one attached hydrogen (secondary N) is 1. The van der Waals surface area contributed by atoms with Crippen molar-refractivity contribution < 1.29 is 35.1 Å². The van der Waals surface area contributed by atoms with Crippen molar-refractivity contribution >= 4 is 10.0 Å². The Kier molecular flexibility index (Phi) is 7.86. The van der Waals surface area contributed by atoms with E-state index in [9.17, 15) is 30.4 Å². The van der Waals surface area contributed by atoms with Gasteiger partial charge in [0.25, 0.3) is 0 Å². The first-order valence-corrected chi connectivity index (χ1v) is 13.0. The lowest BCUT2D eigenvalue weighted by atomic mass is 9.79. The Morgan fingerprint density at radius 3 is 1.89 bits per heavy atom. The fourth-order valence-electron chi connectivity index (χ4n) is 4.70. The van der Waals surface area contributed by atoms with Crippen molar-refractivity contribution in [2.24, 2.45) is 0 Å². The van der Waals surface area contributed by atoms with E-state index in [2.05, 4.69) is 14.4 Å². The Labute approximate surface area is 211 Å². The summed E-state index contributed by atoms with van der Waals surface area (Å²) in [5, 5.41) is 0. The third-order valence-corrected chi connectivity index (χ3v) is 7.99. The summed E-state index contributed by atoms with van der Waals surface area (Å²) in [5.41, 5.74) is 1.60. The Hall–Kier alpha value is -3.02. The molecule has 3 aromatic carbocycles. The van der Waals surface area contributed by atoms with Gasteiger partial charge >= 0.3 is 6.36 Å². The fraction of sp³-hybridized carbons (Fsp3) is 0.308. The number of halogens is 5. The summed E-state index contributed by atoms with van der Waals surface area (Å²) >= 11 is 0. The van der Waals surface area contributed by atoms with Crippen molar-refractivity contribution in [3.05, 3.63) is 95.6 Å². The average molecular weight is 541 g/mol. The molecule has 11 heteroatoms. The molecule has 37 heavy (non-hydrogen) atoms. The zero-order chi connectivity index (χ0) is 26.8. The molecule has 0 amide bonds. The van der Waals surface area contributed by atoms with Crippen LogP contribution in [0.3, 0.4) is 0 Å². The third-order valence-electron chi connectivity index (χ3n) is 6.45. The Morgan fingerprint density at radius 2 is 1.41 bits per heavy atom. The van der Waals surface area contributed by atoms with E-state index in [4.69, 9.17) is 0 Å². The number of nitrogens with zero attached hydrogens (tertiary/aromatic N) is 1. The molecule has 1 aliphatic rings. The zero-order valence-corrected chi connectivity index (χ0v) is 20.6. The van der Waals surface area contributed by atoms with Gasteiger partial charge in [-0.15, -0.1) is 13.2 Å². The van der Waals surface area contributed by atoms with Crippen LogP contribution < -0.4 is 9.46 Å². The van der Waals surface area contributed by atoms with Gasteiger partial charge in [0.05, 0.1) is 4.90 Å². The summed E-state index contributed by atoms with van der Waals surface area (Å²) in [7, 11) is -2.12. The Balaban J connectivity index is 1.57. The van der Waals surface area contributed by atoms with E-state index >= 15 is 0 Å². The Morgan fingerprint density at radius 1 is 0.892 bits per heavy atom. The summed E-state index contributed by atoms with van der Waals surface area (Å²) in [4.78, 5) is 1.90. The van der Waals surface area contributed by atoms with E-state index in [1.54, 1.807) is 24.3 Å². The first-order valence-electron chi connectivity index (χ1n) is 11.5. The number of rotatable bonds is 7. The maximum Gasteiger partial charge on any atom is 0.573 e. The average Bonchev–Trinajstić information content (AvgIpc) is 2.83. The number of benzene rings is 3. The predicted molar refractivity (Wildman–Crippen MR) is 128 cm³/mol. The van der Waals surface area contributed by atoms with Gasteiger partial charge in [-0.05, 0) is 86.1 Å². The second kappa shape index (κ2) is 10.8. The zero-order valence-electron chi connectivity index (χ0n) is 19.8. The minimum Gasteiger partial charge on any atom is -0.406 e. The SMILES string of the molecule is CN1CCC(NS(=O)(=O)c2ccc(OC(F)(F)F)cc2)CC1C(c1ccc(F)cc1)c1ccc(F)cc1. The monoisotopic (exact) mass is 540 g/mol. The highest BCUT2D eigenvalue weighted by molar-refractivity contribution is 7.89. The highest BCUT2D eigenvalue weighted by atomic mass is 32.2. The van der Waals surface area contributed by atoms with E-state index in [0.717, 1.165) is 35.4 Å². The molecule has 0 aliphatic carbocycles. The van der Waals surface area contributed by atoms with Crippen molar-refractivity contribution in [3.63, 3.8) is 0 Å². The first-order chi connectivity index (χ1) is 17.4. The molecule has 1 saturated heterocycles. The number of hydrogen-bond donors (Lipinski definition) is 1.